The Morgan fingerprint density at radius 3 is 2.86 bits per heavy atom. The maximum atomic E-state index is 12.6. The molecule has 9 nitrogen and oxygen atoms in total. The van der Waals surface area contributed by atoms with Gasteiger partial charge >= 0.3 is 0 Å². The van der Waals surface area contributed by atoms with Crippen LogP contribution in [0.5, 0.6) is 0 Å². The molecule has 0 unspecified atom stereocenters. The van der Waals surface area contributed by atoms with Gasteiger partial charge in [0.25, 0.3) is 5.56 Å². The first kappa shape index (κ1) is 19.9. The van der Waals surface area contributed by atoms with Crippen LogP contribution in [0, 0.1) is 5.92 Å². The predicted molar refractivity (Wildman–Crippen MR) is 104 cm³/mol. The molecular weight excluding hydrogens is 360 g/mol. The lowest BCUT2D eigenvalue weighted by molar-refractivity contribution is -0.128. The Morgan fingerprint density at radius 2 is 2.11 bits per heavy atom. The molecule has 3 atom stereocenters. The maximum Gasteiger partial charge on any atom is 0.250 e. The van der Waals surface area contributed by atoms with Crippen molar-refractivity contribution in [1.29, 1.82) is 0 Å². The van der Waals surface area contributed by atoms with Crippen molar-refractivity contribution in [2.24, 2.45) is 5.92 Å². The van der Waals surface area contributed by atoms with Crippen molar-refractivity contribution in [2.75, 3.05) is 11.9 Å². The van der Waals surface area contributed by atoms with Gasteiger partial charge in [0.1, 0.15) is 0 Å². The van der Waals surface area contributed by atoms with E-state index in [-0.39, 0.29) is 36.1 Å². The minimum absolute atomic E-state index is 0.0402. The predicted octanol–water partition coefficient (Wildman–Crippen LogP) is 1.25. The van der Waals surface area contributed by atoms with E-state index in [1.165, 1.54) is 12.4 Å². The summed E-state index contributed by atoms with van der Waals surface area (Å²) in [5, 5.41) is 6.22. The van der Waals surface area contributed by atoms with Crippen LogP contribution in [0.25, 0.3) is 0 Å². The number of carbonyl (C=O) groups is 1. The first-order valence-electron chi connectivity index (χ1n) is 9.62. The highest BCUT2D eigenvalue weighted by atomic mass is 16.5. The number of ether oxygens (including phenoxy) is 1. The van der Waals surface area contributed by atoms with Gasteiger partial charge in [-0.15, -0.1) is 0 Å². The normalized spacial score (nSPS) is 21.8. The SMILES string of the molecule is CCCO[C@@H]1C[C@@H](C(=O)NCc2cc(=O)[nH]cn2)CC[C@H]1Nc1ncccn1. The Morgan fingerprint density at radius 1 is 1.29 bits per heavy atom. The molecule has 1 saturated carbocycles. The molecule has 0 bridgehead atoms. The van der Waals surface area contributed by atoms with Gasteiger partial charge in [0.05, 0.1) is 30.7 Å². The fourth-order valence-electron chi connectivity index (χ4n) is 3.35. The number of hydrogen-bond donors (Lipinski definition) is 3. The highest BCUT2D eigenvalue weighted by Gasteiger charge is 2.34. The van der Waals surface area contributed by atoms with Gasteiger partial charge in [0.15, 0.2) is 0 Å². The first-order chi connectivity index (χ1) is 13.7. The topological polar surface area (TPSA) is 122 Å². The molecule has 1 fully saturated rings. The van der Waals surface area contributed by atoms with Crippen LogP contribution < -0.4 is 16.2 Å². The first-order valence-corrected chi connectivity index (χ1v) is 9.62. The molecule has 1 amide bonds. The van der Waals surface area contributed by atoms with Crippen LogP contribution in [0.3, 0.4) is 0 Å². The quantitative estimate of drug-likeness (QED) is 0.624. The Bertz CT molecular complexity index is 813. The number of hydrogen-bond acceptors (Lipinski definition) is 7. The van der Waals surface area contributed by atoms with Gasteiger partial charge in [-0.3, -0.25) is 9.59 Å². The summed E-state index contributed by atoms with van der Waals surface area (Å²) in [6.07, 6.45) is 7.69. The maximum absolute atomic E-state index is 12.6. The van der Waals surface area contributed by atoms with Crippen LogP contribution in [-0.2, 0) is 16.1 Å². The molecule has 3 rings (SSSR count). The molecule has 150 valence electrons. The zero-order valence-electron chi connectivity index (χ0n) is 15.9. The average molecular weight is 386 g/mol. The summed E-state index contributed by atoms with van der Waals surface area (Å²) in [5.41, 5.74) is 0.300. The van der Waals surface area contributed by atoms with Gasteiger partial charge in [0.2, 0.25) is 11.9 Å². The van der Waals surface area contributed by atoms with E-state index >= 15 is 0 Å². The lowest BCUT2D eigenvalue weighted by Gasteiger charge is -2.35. The molecule has 0 aliphatic heterocycles. The summed E-state index contributed by atoms with van der Waals surface area (Å²) >= 11 is 0. The van der Waals surface area contributed by atoms with Crippen molar-refractivity contribution in [1.82, 2.24) is 25.3 Å². The van der Waals surface area contributed by atoms with Crippen molar-refractivity contribution in [2.45, 2.75) is 51.3 Å². The Hall–Kier alpha value is -2.81. The van der Waals surface area contributed by atoms with Crippen LogP contribution >= 0.6 is 0 Å². The number of aromatic amines is 1. The van der Waals surface area contributed by atoms with E-state index in [0.29, 0.717) is 24.7 Å². The summed E-state index contributed by atoms with van der Waals surface area (Å²) in [6, 6.07) is 3.22. The summed E-state index contributed by atoms with van der Waals surface area (Å²) in [4.78, 5) is 38.9. The van der Waals surface area contributed by atoms with Gasteiger partial charge < -0.3 is 20.4 Å². The fraction of sp³-hybridized carbons (Fsp3) is 0.526. The van der Waals surface area contributed by atoms with Crippen molar-refractivity contribution in [3.05, 3.63) is 46.9 Å². The highest BCUT2D eigenvalue weighted by Crippen LogP contribution is 2.29. The van der Waals surface area contributed by atoms with Crippen LogP contribution in [-0.4, -0.2) is 44.6 Å². The molecule has 28 heavy (non-hydrogen) atoms. The molecule has 2 aromatic heterocycles. The van der Waals surface area contributed by atoms with Crippen LogP contribution in [0.15, 0.2) is 35.6 Å². The lowest BCUT2D eigenvalue weighted by atomic mass is 9.83. The Kier molecular flexibility index (Phi) is 7.07. The number of carbonyl (C=O) groups excluding carboxylic acids is 1. The van der Waals surface area contributed by atoms with E-state index in [1.807, 2.05) is 0 Å². The van der Waals surface area contributed by atoms with Crippen molar-refractivity contribution in [3.63, 3.8) is 0 Å². The minimum Gasteiger partial charge on any atom is -0.376 e. The van der Waals surface area contributed by atoms with Gasteiger partial charge in [-0.05, 0) is 31.7 Å². The van der Waals surface area contributed by atoms with E-state index in [9.17, 15) is 9.59 Å². The molecule has 0 saturated heterocycles. The molecule has 0 aromatic carbocycles. The second kappa shape index (κ2) is 9.93. The van der Waals surface area contributed by atoms with E-state index in [0.717, 1.165) is 19.3 Å². The number of amides is 1. The third kappa shape index (κ3) is 5.59. The standard InChI is InChI=1S/C19H26N6O3/c1-2-8-28-16-9-13(4-5-15(16)25-19-20-6-3-7-21-19)18(27)22-11-14-10-17(26)24-12-23-14/h3,6-7,10,12-13,15-16H,2,4-5,8-9,11H2,1H3,(H,22,27)(H,20,21,25)(H,23,24,26)/t13-,15+,16+/m0/s1. The Balaban J connectivity index is 1.57. The second-order valence-corrected chi connectivity index (χ2v) is 6.86. The number of anilines is 1. The Labute approximate surface area is 163 Å². The van der Waals surface area contributed by atoms with Crippen molar-refractivity contribution < 1.29 is 9.53 Å². The zero-order valence-corrected chi connectivity index (χ0v) is 15.9. The molecule has 0 spiro atoms. The number of nitrogens with zero attached hydrogens (tertiary/aromatic N) is 3. The monoisotopic (exact) mass is 386 g/mol. The van der Waals surface area contributed by atoms with Crippen molar-refractivity contribution >= 4 is 11.9 Å². The number of H-pyrrole nitrogens is 1. The molecule has 1 aliphatic rings. The summed E-state index contributed by atoms with van der Waals surface area (Å²) in [5.74, 6) is 0.390. The summed E-state index contributed by atoms with van der Waals surface area (Å²) in [6.45, 7) is 2.94. The zero-order chi connectivity index (χ0) is 19.8. The summed E-state index contributed by atoms with van der Waals surface area (Å²) < 4.78 is 6.02. The highest BCUT2D eigenvalue weighted by molar-refractivity contribution is 5.78. The molecule has 2 heterocycles. The summed E-state index contributed by atoms with van der Waals surface area (Å²) in [7, 11) is 0. The largest absolute Gasteiger partial charge is 0.376 e. The molecule has 3 N–H and O–H groups in total. The lowest BCUT2D eigenvalue weighted by Crippen LogP contribution is -2.45. The third-order valence-electron chi connectivity index (χ3n) is 4.76. The molecule has 9 heteroatoms. The molecule has 0 radical (unpaired) electrons. The fourth-order valence-corrected chi connectivity index (χ4v) is 3.35. The number of nitrogens with one attached hydrogen (secondary N) is 3. The number of aromatic nitrogens is 4. The van der Waals surface area contributed by atoms with Gasteiger partial charge in [0, 0.05) is 31.0 Å². The smallest absolute Gasteiger partial charge is 0.250 e. The van der Waals surface area contributed by atoms with Crippen molar-refractivity contribution in [3.8, 4) is 0 Å². The average Bonchev–Trinajstić information content (AvgIpc) is 2.72. The third-order valence-corrected chi connectivity index (χ3v) is 4.76. The van der Waals surface area contributed by atoms with Gasteiger partial charge in [-0.25, -0.2) is 15.0 Å². The van der Waals surface area contributed by atoms with E-state index < -0.39 is 0 Å². The van der Waals surface area contributed by atoms with Gasteiger partial charge in [-0.1, -0.05) is 6.92 Å². The molecular formula is C19H26N6O3. The minimum atomic E-state index is -0.234. The van der Waals surface area contributed by atoms with E-state index in [4.69, 9.17) is 4.74 Å². The molecule has 2 aromatic rings. The number of rotatable bonds is 8. The van der Waals surface area contributed by atoms with Crippen LogP contribution in [0.2, 0.25) is 0 Å². The van der Waals surface area contributed by atoms with Gasteiger partial charge in [-0.2, -0.15) is 0 Å². The second-order valence-electron chi connectivity index (χ2n) is 6.86. The van der Waals surface area contributed by atoms with Crippen LogP contribution in [0.4, 0.5) is 5.95 Å². The van der Waals surface area contributed by atoms with Crippen LogP contribution in [0.1, 0.15) is 38.3 Å². The van der Waals surface area contributed by atoms with E-state index in [1.54, 1.807) is 18.5 Å². The molecule has 1 aliphatic carbocycles. The van der Waals surface area contributed by atoms with E-state index in [2.05, 4.69) is 37.5 Å².